The zero-order valence-corrected chi connectivity index (χ0v) is 11.8. The van der Waals surface area contributed by atoms with E-state index >= 15 is 0 Å². The third-order valence-corrected chi connectivity index (χ3v) is 2.72. The third-order valence-electron chi connectivity index (χ3n) is 2.72. The van der Waals surface area contributed by atoms with E-state index in [1.165, 1.54) is 11.8 Å². The maximum absolute atomic E-state index is 11.8. The van der Waals surface area contributed by atoms with Crippen LogP contribution in [0.4, 0.5) is 0 Å². The van der Waals surface area contributed by atoms with Gasteiger partial charge in [0.1, 0.15) is 11.7 Å². The van der Waals surface area contributed by atoms with Crippen LogP contribution in [0.1, 0.15) is 33.6 Å². The molecule has 1 aliphatic heterocycles. The van der Waals surface area contributed by atoms with Crippen molar-refractivity contribution in [2.75, 3.05) is 13.1 Å². The number of esters is 1. The maximum atomic E-state index is 11.8. The molecule has 1 aliphatic rings. The molecule has 1 saturated heterocycles. The van der Waals surface area contributed by atoms with Crippen molar-refractivity contribution < 1.29 is 19.1 Å². The summed E-state index contributed by atoms with van der Waals surface area (Å²) in [5, 5.41) is 0. The Morgan fingerprint density at radius 2 is 2.00 bits per heavy atom. The number of ketones is 1. The van der Waals surface area contributed by atoms with Gasteiger partial charge in [0.05, 0.1) is 6.10 Å². The summed E-state index contributed by atoms with van der Waals surface area (Å²) in [5.74, 6) is -1.57. The molecule has 5 nitrogen and oxygen atoms in total. The summed E-state index contributed by atoms with van der Waals surface area (Å²) in [6.45, 7) is 5.61. The first-order chi connectivity index (χ1) is 7.91. The summed E-state index contributed by atoms with van der Waals surface area (Å²) in [6, 6.07) is 0. The Balaban J connectivity index is 0.00000289. The minimum absolute atomic E-state index is 0. The van der Waals surface area contributed by atoms with Crippen LogP contribution >= 0.6 is 12.4 Å². The summed E-state index contributed by atoms with van der Waals surface area (Å²) in [7, 11) is 0. The maximum Gasteiger partial charge on any atom is 0.318 e. The minimum Gasteiger partial charge on any atom is -0.462 e. The molecular formula is C12H20ClNO4. The van der Waals surface area contributed by atoms with Crippen LogP contribution in [0, 0.1) is 5.92 Å². The van der Waals surface area contributed by atoms with Crippen molar-refractivity contribution in [2.24, 2.45) is 5.92 Å². The normalized spacial score (nSPS) is 20.1. The van der Waals surface area contributed by atoms with Crippen LogP contribution in [0.5, 0.6) is 0 Å². The minimum atomic E-state index is -0.816. The lowest BCUT2D eigenvalue weighted by molar-refractivity contribution is -0.155. The van der Waals surface area contributed by atoms with Gasteiger partial charge in [0.25, 0.3) is 0 Å². The Bertz CT molecular complexity index is 330. The number of ether oxygens (including phenoxy) is 1. The Kier molecular flexibility index (Phi) is 6.91. The Morgan fingerprint density at radius 1 is 1.39 bits per heavy atom. The standard InChI is InChI=1S/C12H19NO4.ClH/c1-8(2)17-12(16)10-7-13(9(3)14)6-4-5-11(10)15;/h8,10H,4-7H2,1-3H3;1H. The molecule has 0 aromatic rings. The van der Waals surface area contributed by atoms with Gasteiger partial charge in [0, 0.05) is 26.4 Å². The van der Waals surface area contributed by atoms with Crippen LogP contribution in [0.3, 0.4) is 0 Å². The van der Waals surface area contributed by atoms with Crippen LogP contribution in [0.25, 0.3) is 0 Å². The highest BCUT2D eigenvalue weighted by Gasteiger charge is 2.33. The van der Waals surface area contributed by atoms with E-state index in [4.69, 9.17) is 4.74 Å². The second-order valence-electron chi connectivity index (χ2n) is 4.57. The van der Waals surface area contributed by atoms with E-state index in [-0.39, 0.29) is 36.7 Å². The molecule has 0 radical (unpaired) electrons. The molecule has 0 aliphatic carbocycles. The number of carbonyl (C=O) groups excluding carboxylic acids is 3. The van der Waals surface area contributed by atoms with Crippen LogP contribution in [-0.2, 0) is 19.1 Å². The molecule has 0 bridgehead atoms. The first-order valence-corrected chi connectivity index (χ1v) is 5.90. The van der Waals surface area contributed by atoms with Crippen molar-refractivity contribution in [3.05, 3.63) is 0 Å². The summed E-state index contributed by atoms with van der Waals surface area (Å²) in [6.07, 6.45) is 0.704. The SMILES string of the molecule is CC(=O)N1CCCC(=O)C(C(=O)OC(C)C)C1.Cl. The fraction of sp³-hybridized carbons (Fsp3) is 0.750. The van der Waals surface area contributed by atoms with Gasteiger partial charge >= 0.3 is 5.97 Å². The number of rotatable bonds is 2. The van der Waals surface area contributed by atoms with E-state index < -0.39 is 11.9 Å². The highest BCUT2D eigenvalue weighted by molar-refractivity contribution is 6.00. The third kappa shape index (κ3) is 4.64. The largest absolute Gasteiger partial charge is 0.462 e. The Morgan fingerprint density at radius 3 is 2.50 bits per heavy atom. The fourth-order valence-corrected chi connectivity index (χ4v) is 1.84. The summed E-state index contributed by atoms with van der Waals surface area (Å²) >= 11 is 0. The van der Waals surface area contributed by atoms with Crippen molar-refractivity contribution in [2.45, 2.75) is 39.7 Å². The van der Waals surface area contributed by atoms with Gasteiger partial charge in [-0.25, -0.2) is 0 Å². The highest BCUT2D eigenvalue weighted by Crippen LogP contribution is 2.15. The number of amides is 1. The lowest BCUT2D eigenvalue weighted by Crippen LogP contribution is -2.39. The van der Waals surface area contributed by atoms with Gasteiger partial charge in [-0.15, -0.1) is 12.4 Å². The summed E-state index contributed by atoms with van der Waals surface area (Å²) < 4.78 is 5.05. The van der Waals surface area contributed by atoms with Crippen molar-refractivity contribution in [3.63, 3.8) is 0 Å². The fourth-order valence-electron chi connectivity index (χ4n) is 1.84. The molecule has 1 heterocycles. The van der Waals surface area contributed by atoms with Crippen molar-refractivity contribution in [1.82, 2.24) is 4.90 Å². The summed E-state index contributed by atoms with van der Waals surface area (Å²) in [5.41, 5.74) is 0. The van der Waals surface area contributed by atoms with Crippen LogP contribution in [0.2, 0.25) is 0 Å². The van der Waals surface area contributed by atoms with Crippen LogP contribution in [0.15, 0.2) is 0 Å². The van der Waals surface area contributed by atoms with Gasteiger partial charge in [0.2, 0.25) is 5.91 Å². The number of likely N-dealkylation sites (tertiary alicyclic amines) is 1. The van der Waals surface area contributed by atoms with Gasteiger partial charge < -0.3 is 9.64 Å². The number of halogens is 1. The molecule has 0 aromatic heterocycles. The van der Waals surface area contributed by atoms with E-state index in [1.807, 2.05) is 0 Å². The van der Waals surface area contributed by atoms with Gasteiger partial charge in [-0.2, -0.15) is 0 Å². The van der Waals surface area contributed by atoms with Crippen molar-refractivity contribution in [3.8, 4) is 0 Å². The number of Topliss-reactive ketones (excluding diaryl/α,β-unsaturated/α-hetero) is 1. The molecule has 1 fully saturated rings. The van der Waals surface area contributed by atoms with E-state index in [0.29, 0.717) is 19.4 Å². The van der Waals surface area contributed by atoms with Crippen molar-refractivity contribution in [1.29, 1.82) is 0 Å². The molecule has 0 N–H and O–H groups in total. The number of nitrogens with zero attached hydrogens (tertiary/aromatic N) is 1. The average molecular weight is 278 g/mol. The molecule has 1 unspecified atom stereocenters. The number of hydrogen-bond donors (Lipinski definition) is 0. The molecule has 1 rings (SSSR count). The predicted molar refractivity (Wildman–Crippen MR) is 68.5 cm³/mol. The quantitative estimate of drug-likeness (QED) is 0.562. The van der Waals surface area contributed by atoms with Gasteiger partial charge in [-0.1, -0.05) is 0 Å². The van der Waals surface area contributed by atoms with E-state index in [1.54, 1.807) is 13.8 Å². The number of carbonyl (C=O) groups is 3. The van der Waals surface area contributed by atoms with Gasteiger partial charge in [0.15, 0.2) is 0 Å². The van der Waals surface area contributed by atoms with E-state index in [9.17, 15) is 14.4 Å². The molecule has 1 atom stereocenters. The molecule has 0 saturated carbocycles. The van der Waals surface area contributed by atoms with E-state index in [0.717, 1.165) is 0 Å². The summed E-state index contributed by atoms with van der Waals surface area (Å²) in [4.78, 5) is 36.4. The van der Waals surface area contributed by atoms with Gasteiger partial charge in [-0.3, -0.25) is 14.4 Å². The van der Waals surface area contributed by atoms with Crippen molar-refractivity contribution >= 4 is 30.1 Å². The van der Waals surface area contributed by atoms with Gasteiger partial charge in [-0.05, 0) is 20.3 Å². The van der Waals surface area contributed by atoms with Crippen LogP contribution in [-0.4, -0.2) is 41.8 Å². The van der Waals surface area contributed by atoms with E-state index in [2.05, 4.69) is 0 Å². The molecule has 6 heteroatoms. The first kappa shape index (κ1) is 16.9. The molecular weight excluding hydrogens is 258 g/mol. The zero-order chi connectivity index (χ0) is 13.0. The first-order valence-electron chi connectivity index (χ1n) is 5.90. The second-order valence-corrected chi connectivity index (χ2v) is 4.57. The Labute approximate surface area is 113 Å². The molecule has 18 heavy (non-hydrogen) atoms. The highest BCUT2D eigenvalue weighted by atomic mass is 35.5. The average Bonchev–Trinajstić information content (AvgIpc) is 2.39. The lowest BCUT2D eigenvalue weighted by Gasteiger charge is -2.22. The monoisotopic (exact) mass is 277 g/mol. The Hall–Kier alpha value is -1.10. The second kappa shape index (κ2) is 7.36. The predicted octanol–water partition coefficient (Wildman–Crippen LogP) is 1.19. The molecule has 0 spiro atoms. The van der Waals surface area contributed by atoms with Crippen LogP contribution < -0.4 is 0 Å². The molecule has 104 valence electrons. The zero-order valence-electron chi connectivity index (χ0n) is 11.0. The topological polar surface area (TPSA) is 63.7 Å². The lowest BCUT2D eigenvalue weighted by atomic mass is 10.0. The smallest absolute Gasteiger partial charge is 0.318 e. The molecule has 0 aromatic carbocycles. The number of hydrogen-bond acceptors (Lipinski definition) is 4. The molecule has 1 amide bonds.